The average molecular weight is 376 g/mol. The molecule has 1 aromatic rings. The van der Waals surface area contributed by atoms with Crippen LogP contribution in [0.4, 0.5) is 4.39 Å². The van der Waals surface area contributed by atoms with Gasteiger partial charge in [0.25, 0.3) is 5.91 Å². The van der Waals surface area contributed by atoms with Crippen molar-refractivity contribution in [3.63, 3.8) is 0 Å². The van der Waals surface area contributed by atoms with Gasteiger partial charge in [-0.15, -0.1) is 0 Å². The highest BCUT2D eigenvalue weighted by molar-refractivity contribution is 5.99. The van der Waals surface area contributed by atoms with E-state index >= 15 is 0 Å². The highest BCUT2D eigenvalue weighted by Crippen LogP contribution is 2.36. The molecule has 0 bridgehead atoms. The van der Waals surface area contributed by atoms with Gasteiger partial charge in [-0.2, -0.15) is 0 Å². The molecule has 3 aliphatic rings. The van der Waals surface area contributed by atoms with Crippen LogP contribution in [0.25, 0.3) is 0 Å². The molecule has 1 amide bonds. The Kier molecular flexibility index (Phi) is 5.37. The standard InChI is InChI=1S/C21H29FN2O3/c1-14(23-8-10-27-11-9-23)16-4-2-15(3-5-16)12-24-13-17-6-7-18(25)20(22)19(17)21(24)26/h6-7,14-16,25H,2-5,8-13H2,1H3/t14?,15-,16-. The maximum absolute atomic E-state index is 14.1. The molecule has 1 aromatic carbocycles. The monoisotopic (exact) mass is 376 g/mol. The Hall–Kier alpha value is -1.66. The Morgan fingerprint density at radius 1 is 1.22 bits per heavy atom. The Morgan fingerprint density at radius 2 is 1.93 bits per heavy atom. The summed E-state index contributed by atoms with van der Waals surface area (Å²) in [7, 11) is 0. The fourth-order valence-electron chi connectivity index (χ4n) is 5.00. The van der Waals surface area contributed by atoms with Crippen LogP contribution in [-0.4, -0.2) is 59.7 Å². The van der Waals surface area contributed by atoms with Crippen molar-refractivity contribution in [2.24, 2.45) is 11.8 Å². The fourth-order valence-corrected chi connectivity index (χ4v) is 5.00. The maximum Gasteiger partial charge on any atom is 0.257 e. The number of nitrogens with zero attached hydrogens (tertiary/aromatic N) is 2. The third-order valence-corrected chi connectivity index (χ3v) is 6.74. The number of hydrogen-bond acceptors (Lipinski definition) is 4. The molecule has 148 valence electrons. The van der Waals surface area contributed by atoms with E-state index in [0.29, 0.717) is 36.5 Å². The zero-order chi connectivity index (χ0) is 19.0. The Morgan fingerprint density at radius 3 is 2.63 bits per heavy atom. The molecule has 0 aromatic heterocycles. The van der Waals surface area contributed by atoms with Crippen molar-refractivity contribution in [3.8, 4) is 5.75 Å². The van der Waals surface area contributed by atoms with Crippen molar-refractivity contribution in [3.05, 3.63) is 29.1 Å². The Bertz CT molecular complexity index is 697. The summed E-state index contributed by atoms with van der Waals surface area (Å²) < 4.78 is 19.6. The summed E-state index contributed by atoms with van der Waals surface area (Å²) in [5.74, 6) is -0.305. The van der Waals surface area contributed by atoms with E-state index < -0.39 is 11.6 Å². The van der Waals surface area contributed by atoms with Crippen LogP contribution in [0.15, 0.2) is 12.1 Å². The number of phenols is 1. The number of rotatable bonds is 4. The molecule has 4 rings (SSSR count). The third-order valence-electron chi connectivity index (χ3n) is 6.74. The normalized spacial score (nSPS) is 27.6. The van der Waals surface area contributed by atoms with Gasteiger partial charge in [-0.25, -0.2) is 4.39 Å². The van der Waals surface area contributed by atoms with Crippen LogP contribution >= 0.6 is 0 Å². The summed E-state index contributed by atoms with van der Waals surface area (Å²) in [5.41, 5.74) is 0.745. The van der Waals surface area contributed by atoms with E-state index in [1.165, 1.54) is 18.9 Å². The number of hydrogen-bond donors (Lipinski definition) is 1. The quantitative estimate of drug-likeness (QED) is 0.878. The van der Waals surface area contributed by atoms with Crippen molar-refractivity contribution >= 4 is 5.91 Å². The van der Waals surface area contributed by atoms with Crippen molar-refractivity contribution in [1.29, 1.82) is 0 Å². The average Bonchev–Trinajstić information content (AvgIpc) is 3.01. The van der Waals surface area contributed by atoms with Crippen LogP contribution in [0.2, 0.25) is 0 Å². The van der Waals surface area contributed by atoms with Gasteiger partial charge < -0.3 is 14.7 Å². The molecule has 6 heteroatoms. The molecule has 0 spiro atoms. The number of halogens is 1. The van der Waals surface area contributed by atoms with E-state index in [2.05, 4.69) is 11.8 Å². The zero-order valence-corrected chi connectivity index (χ0v) is 16.0. The van der Waals surface area contributed by atoms with Crippen molar-refractivity contribution in [2.45, 2.75) is 45.2 Å². The minimum Gasteiger partial charge on any atom is -0.505 e. The molecule has 5 nitrogen and oxygen atoms in total. The van der Waals surface area contributed by atoms with Gasteiger partial charge >= 0.3 is 0 Å². The summed E-state index contributed by atoms with van der Waals surface area (Å²) in [5, 5.41) is 9.54. The van der Waals surface area contributed by atoms with Crippen molar-refractivity contribution in [1.82, 2.24) is 9.80 Å². The van der Waals surface area contributed by atoms with E-state index in [0.717, 1.165) is 39.1 Å². The first kappa shape index (κ1) is 18.7. The lowest BCUT2D eigenvalue weighted by molar-refractivity contribution is 0.000111. The van der Waals surface area contributed by atoms with Gasteiger partial charge in [0.2, 0.25) is 0 Å². The first-order chi connectivity index (χ1) is 13.0. The van der Waals surface area contributed by atoms with Crippen LogP contribution in [0.5, 0.6) is 5.75 Å². The first-order valence-electron chi connectivity index (χ1n) is 10.2. The zero-order valence-electron chi connectivity index (χ0n) is 16.0. The van der Waals surface area contributed by atoms with E-state index in [9.17, 15) is 14.3 Å². The minimum atomic E-state index is -0.775. The lowest BCUT2D eigenvalue weighted by Gasteiger charge is -2.40. The molecule has 1 unspecified atom stereocenters. The molecule has 1 saturated carbocycles. The molecule has 2 heterocycles. The van der Waals surface area contributed by atoms with Crippen molar-refractivity contribution in [2.75, 3.05) is 32.8 Å². The largest absolute Gasteiger partial charge is 0.505 e. The number of carbonyl (C=O) groups is 1. The van der Waals surface area contributed by atoms with Gasteiger partial charge in [0.15, 0.2) is 11.6 Å². The molecule has 2 fully saturated rings. The second-order valence-corrected chi connectivity index (χ2v) is 8.29. The van der Waals surface area contributed by atoms with E-state index in [1.54, 1.807) is 11.0 Å². The summed E-state index contributed by atoms with van der Waals surface area (Å²) in [4.78, 5) is 16.9. The van der Waals surface area contributed by atoms with Gasteiger partial charge in [-0.1, -0.05) is 6.07 Å². The molecular formula is C21H29FN2O3. The summed E-state index contributed by atoms with van der Waals surface area (Å²) >= 11 is 0. The molecule has 1 aliphatic carbocycles. The van der Waals surface area contributed by atoms with Crippen LogP contribution < -0.4 is 0 Å². The van der Waals surface area contributed by atoms with E-state index in [1.807, 2.05) is 0 Å². The highest BCUT2D eigenvalue weighted by Gasteiger charge is 2.35. The Balaban J connectivity index is 1.31. The Labute approximate surface area is 160 Å². The van der Waals surface area contributed by atoms with Crippen molar-refractivity contribution < 1.29 is 19.0 Å². The van der Waals surface area contributed by atoms with Crippen LogP contribution in [0.1, 0.15) is 48.5 Å². The first-order valence-corrected chi connectivity index (χ1v) is 10.2. The summed E-state index contributed by atoms with van der Waals surface area (Å²) in [6, 6.07) is 3.58. The summed E-state index contributed by atoms with van der Waals surface area (Å²) in [6.07, 6.45) is 4.61. The second kappa shape index (κ2) is 7.76. The van der Waals surface area contributed by atoms with Gasteiger partial charge in [-0.05, 0) is 56.1 Å². The number of carbonyl (C=O) groups excluding carboxylic acids is 1. The van der Waals surface area contributed by atoms with Gasteiger partial charge in [0.05, 0.1) is 18.8 Å². The highest BCUT2D eigenvalue weighted by atomic mass is 19.1. The number of aromatic hydroxyl groups is 1. The number of fused-ring (bicyclic) bond motifs is 1. The second-order valence-electron chi connectivity index (χ2n) is 8.29. The number of morpholine rings is 1. The molecule has 1 saturated heterocycles. The number of phenolic OH excluding ortho intramolecular Hbond substituents is 1. The van der Waals surface area contributed by atoms with E-state index in [4.69, 9.17) is 4.74 Å². The third kappa shape index (κ3) is 3.69. The fraction of sp³-hybridized carbons (Fsp3) is 0.667. The van der Waals surface area contributed by atoms with Gasteiger partial charge in [-0.3, -0.25) is 9.69 Å². The van der Waals surface area contributed by atoms with E-state index in [-0.39, 0.29) is 11.5 Å². The summed E-state index contributed by atoms with van der Waals surface area (Å²) in [6.45, 7) is 7.21. The number of benzene rings is 1. The van der Waals surface area contributed by atoms with Crippen LogP contribution in [0, 0.1) is 17.7 Å². The van der Waals surface area contributed by atoms with Crippen LogP contribution in [-0.2, 0) is 11.3 Å². The molecular weight excluding hydrogens is 347 g/mol. The van der Waals surface area contributed by atoms with Gasteiger partial charge in [0.1, 0.15) is 0 Å². The maximum atomic E-state index is 14.1. The molecule has 2 aliphatic heterocycles. The number of ether oxygens (including phenoxy) is 1. The lowest BCUT2D eigenvalue weighted by atomic mass is 9.78. The number of amides is 1. The molecule has 1 atom stereocenters. The molecule has 1 N–H and O–H groups in total. The predicted molar refractivity (Wildman–Crippen MR) is 100 cm³/mol. The minimum absolute atomic E-state index is 0.0598. The smallest absolute Gasteiger partial charge is 0.257 e. The lowest BCUT2D eigenvalue weighted by Crippen LogP contribution is -2.46. The predicted octanol–water partition coefficient (Wildman–Crippen LogP) is 3.01. The van der Waals surface area contributed by atoms with Gasteiger partial charge in [0, 0.05) is 32.2 Å². The molecule has 0 radical (unpaired) electrons. The topological polar surface area (TPSA) is 53.0 Å². The van der Waals surface area contributed by atoms with Crippen LogP contribution in [0.3, 0.4) is 0 Å². The SMILES string of the molecule is CC([C@H]1CC[C@H](CN2Cc3ccc(O)c(F)c3C2=O)CC1)N1CCOCC1. The molecule has 27 heavy (non-hydrogen) atoms.